The van der Waals surface area contributed by atoms with E-state index in [0.717, 1.165) is 5.56 Å². The summed E-state index contributed by atoms with van der Waals surface area (Å²) in [6.45, 7) is 0.390. The maximum atomic E-state index is 11.4. The van der Waals surface area contributed by atoms with Crippen molar-refractivity contribution in [1.29, 1.82) is 0 Å². The molecule has 1 heterocycles. The summed E-state index contributed by atoms with van der Waals surface area (Å²) in [6.07, 6.45) is -0.227. The normalized spacial score (nSPS) is 27.9. The van der Waals surface area contributed by atoms with Crippen molar-refractivity contribution in [3.8, 4) is 0 Å². The molecule has 0 aromatic heterocycles. The lowest BCUT2D eigenvalue weighted by atomic mass is 9.95. The van der Waals surface area contributed by atoms with Crippen LogP contribution in [0, 0.1) is 0 Å². The van der Waals surface area contributed by atoms with E-state index in [-0.39, 0.29) is 17.9 Å². The van der Waals surface area contributed by atoms with Crippen LogP contribution in [0.2, 0.25) is 0 Å². The van der Waals surface area contributed by atoms with Gasteiger partial charge in [0.1, 0.15) is 0 Å². The largest absolute Gasteiger partial charge is 0.315 e. The van der Waals surface area contributed by atoms with Crippen LogP contribution in [0.3, 0.4) is 0 Å². The number of hydrogen-bond donors (Lipinski definition) is 2. The van der Waals surface area contributed by atoms with Gasteiger partial charge in [-0.1, -0.05) is 30.3 Å². The number of nitrogens with one attached hydrogen (secondary N) is 1. The Morgan fingerprint density at radius 3 is 2.54 bits per heavy atom. The third-order valence-corrected chi connectivity index (χ3v) is 2.38. The second-order valence-corrected chi connectivity index (χ2v) is 3.26. The van der Waals surface area contributed by atoms with Gasteiger partial charge in [0.2, 0.25) is 0 Å². The average Bonchev–Trinajstić information content (AvgIpc) is 2.48. The zero-order chi connectivity index (χ0) is 9.26. The van der Waals surface area contributed by atoms with E-state index in [1.54, 1.807) is 0 Å². The van der Waals surface area contributed by atoms with Gasteiger partial charge in [0.25, 0.3) is 0 Å². The Hall–Kier alpha value is -1.19. The average molecular weight is 176 g/mol. The van der Waals surface area contributed by atoms with E-state index in [1.807, 2.05) is 30.3 Å². The van der Waals surface area contributed by atoms with Crippen LogP contribution in [0.1, 0.15) is 11.5 Å². The first-order valence-corrected chi connectivity index (χ1v) is 4.35. The molecule has 3 N–H and O–H groups in total. The molecule has 0 amide bonds. The van der Waals surface area contributed by atoms with Gasteiger partial charge >= 0.3 is 0 Å². The van der Waals surface area contributed by atoms with E-state index in [0.29, 0.717) is 6.54 Å². The van der Waals surface area contributed by atoms with Gasteiger partial charge in [0.15, 0.2) is 5.78 Å². The van der Waals surface area contributed by atoms with E-state index < -0.39 is 0 Å². The van der Waals surface area contributed by atoms with Crippen molar-refractivity contribution < 1.29 is 4.79 Å². The molecule has 1 aliphatic rings. The maximum absolute atomic E-state index is 11.4. The SMILES string of the molecule is NC1NCC(=O)C1c1ccccc1. The zero-order valence-electron chi connectivity index (χ0n) is 7.23. The number of carbonyl (C=O) groups is 1. The maximum Gasteiger partial charge on any atom is 0.156 e. The van der Waals surface area contributed by atoms with E-state index in [4.69, 9.17) is 5.73 Å². The van der Waals surface area contributed by atoms with Gasteiger partial charge in [0, 0.05) is 0 Å². The molecule has 2 atom stereocenters. The molecule has 0 bridgehead atoms. The van der Waals surface area contributed by atoms with Crippen molar-refractivity contribution in [3.63, 3.8) is 0 Å². The molecule has 1 aromatic rings. The lowest BCUT2D eigenvalue weighted by Crippen LogP contribution is -2.35. The summed E-state index contributed by atoms with van der Waals surface area (Å²) in [5.41, 5.74) is 6.77. The Balaban J connectivity index is 2.30. The van der Waals surface area contributed by atoms with E-state index in [9.17, 15) is 4.79 Å². The van der Waals surface area contributed by atoms with Crippen molar-refractivity contribution in [2.24, 2.45) is 5.73 Å². The molecule has 1 aromatic carbocycles. The van der Waals surface area contributed by atoms with Crippen molar-refractivity contribution in [2.45, 2.75) is 12.1 Å². The van der Waals surface area contributed by atoms with Crippen LogP contribution in [0.15, 0.2) is 30.3 Å². The summed E-state index contributed by atoms with van der Waals surface area (Å²) in [5, 5.41) is 2.95. The first kappa shape index (κ1) is 8.41. The molecule has 1 saturated heterocycles. The van der Waals surface area contributed by atoms with E-state index in [1.165, 1.54) is 0 Å². The Morgan fingerprint density at radius 1 is 1.31 bits per heavy atom. The molecule has 1 aliphatic heterocycles. The van der Waals surface area contributed by atoms with Crippen LogP contribution in [-0.4, -0.2) is 18.5 Å². The van der Waals surface area contributed by atoms with Crippen LogP contribution in [-0.2, 0) is 4.79 Å². The van der Waals surface area contributed by atoms with Gasteiger partial charge in [-0.15, -0.1) is 0 Å². The van der Waals surface area contributed by atoms with Crippen molar-refractivity contribution in [2.75, 3.05) is 6.54 Å². The van der Waals surface area contributed by atoms with Gasteiger partial charge in [-0.05, 0) is 5.56 Å². The second-order valence-electron chi connectivity index (χ2n) is 3.26. The predicted molar refractivity (Wildman–Crippen MR) is 50.2 cm³/mol. The number of ketones is 1. The fraction of sp³-hybridized carbons (Fsp3) is 0.300. The molecule has 2 unspecified atom stereocenters. The summed E-state index contributed by atoms with van der Waals surface area (Å²) >= 11 is 0. The molecule has 0 saturated carbocycles. The Labute approximate surface area is 76.9 Å². The summed E-state index contributed by atoms with van der Waals surface area (Å²) in [7, 11) is 0. The van der Waals surface area contributed by atoms with Gasteiger partial charge in [0.05, 0.1) is 18.6 Å². The molecule has 68 valence electrons. The molecule has 1 fully saturated rings. The molecule has 3 nitrogen and oxygen atoms in total. The lowest BCUT2D eigenvalue weighted by molar-refractivity contribution is -0.117. The third kappa shape index (κ3) is 1.48. The predicted octanol–water partition coefficient (Wildman–Crippen LogP) is 0.227. The highest BCUT2D eigenvalue weighted by molar-refractivity contribution is 5.90. The Kier molecular flexibility index (Phi) is 2.12. The first-order valence-electron chi connectivity index (χ1n) is 4.35. The van der Waals surface area contributed by atoms with Crippen LogP contribution in [0.4, 0.5) is 0 Å². The van der Waals surface area contributed by atoms with Gasteiger partial charge in [-0.2, -0.15) is 0 Å². The highest BCUT2D eigenvalue weighted by atomic mass is 16.1. The van der Waals surface area contributed by atoms with Gasteiger partial charge in [-0.25, -0.2) is 0 Å². The number of nitrogens with two attached hydrogens (primary N) is 1. The van der Waals surface area contributed by atoms with Crippen LogP contribution in [0.5, 0.6) is 0 Å². The van der Waals surface area contributed by atoms with Gasteiger partial charge < -0.3 is 5.73 Å². The fourth-order valence-electron chi connectivity index (χ4n) is 1.70. The monoisotopic (exact) mass is 176 g/mol. The van der Waals surface area contributed by atoms with Crippen molar-refractivity contribution >= 4 is 5.78 Å². The van der Waals surface area contributed by atoms with Gasteiger partial charge in [-0.3, -0.25) is 10.1 Å². The zero-order valence-corrected chi connectivity index (χ0v) is 7.23. The van der Waals surface area contributed by atoms with Crippen LogP contribution in [0.25, 0.3) is 0 Å². The smallest absolute Gasteiger partial charge is 0.156 e. The lowest BCUT2D eigenvalue weighted by Gasteiger charge is -2.13. The van der Waals surface area contributed by atoms with Crippen LogP contribution >= 0.6 is 0 Å². The molecule has 2 rings (SSSR count). The molecule has 3 heteroatoms. The van der Waals surface area contributed by atoms with Crippen molar-refractivity contribution in [1.82, 2.24) is 5.32 Å². The molecule has 0 spiro atoms. The fourth-order valence-corrected chi connectivity index (χ4v) is 1.70. The summed E-state index contributed by atoms with van der Waals surface area (Å²) in [6, 6.07) is 9.66. The van der Waals surface area contributed by atoms with Crippen molar-refractivity contribution in [3.05, 3.63) is 35.9 Å². The minimum absolute atomic E-state index is 0.166. The number of Topliss-reactive ketones (excluding diaryl/α,β-unsaturated/α-hetero) is 1. The second kappa shape index (κ2) is 3.28. The molecular weight excluding hydrogens is 164 g/mol. The number of hydrogen-bond acceptors (Lipinski definition) is 3. The molecule has 0 aliphatic carbocycles. The summed E-state index contributed by atoms with van der Waals surface area (Å²) in [4.78, 5) is 11.4. The number of carbonyl (C=O) groups excluding carboxylic acids is 1. The molecule has 13 heavy (non-hydrogen) atoms. The number of benzene rings is 1. The Bertz CT molecular complexity index is 310. The highest BCUT2D eigenvalue weighted by Crippen LogP contribution is 2.21. The standard InChI is InChI=1S/C10H12N2O/c11-10-9(8(13)6-12-10)7-4-2-1-3-5-7/h1-5,9-10,12H,6,11H2. The van der Waals surface area contributed by atoms with E-state index >= 15 is 0 Å². The minimum Gasteiger partial charge on any atom is -0.315 e. The molecular formula is C10H12N2O. The Morgan fingerprint density at radius 2 is 2.00 bits per heavy atom. The first-order chi connectivity index (χ1) is 6.29. The minimum atomic E-state index is -0.227. The third-order valence-electron chi connectivity index (χ3n) is 2.38. The van der Waals surface area contributed by atoms with E-state index in [2.05, 4.69) is 5.32 Å². The molecule has 0 radical (unpaired) electrons. The summed E-state index contributed by atoms with van der Waals surface area (Å²) < 4.78 is 0. The highest BCUT2D eigenvalue weighted by Gasteiger charge is 2.32. The topological polar surface area (TPSA) is 55.1 Å². The quantitative estimate of drug-likeness (QED) is 0.644. The number of rotatable bonds is 1. The van der Waals surface area contributed by atoms with Crippen LogP contribution < -0.4 is 11.1 Å². The summed E-state index contributed by atoms with van der Waals surface area (Å²) in [5.74, 6) is 0.0138.